The van der Waals surface area contributed by atoms with Crippen molar-refractivity contribution < 1.29 is 19.4 Å². The predicted molar refractivity (Wildman–Crippen MR) is 103 cm³/mol. The highest BCUT2D eigenvalue weighted by Crippen LogP contribution is 2.31. The largest absolute Gasteiger partial charge is 0.496 e. The van der Waals surface area contributed by atoms with Gasteiger partial charge in [0.1, 0.15) is 11.3 Å². The summed E-state index contributed by atoms with van der Waals surface area (Å²) in [5.74, 6) is -0.982. The summed E-state index contributed by atoms with van der Waals surface area (Å²) in [7, 11) is 1.35. The zero-order valence-corrected chi connectivity index (χ0v) is 15.5. The van der Waals surface area contributed by atoms with Gasteiger partial charge in [0.25, 0.3) is 0 Å². The molecule has 0 radical (unpaired) electrons. The van der Waals surface area contributed by atoms with Gasteiger partial charge in [-0.3, -0.25) is 4.79 Å². The quantitative estimate of drug-likeness (QED) is 0.711. The van der Waals surface area contributed by atoms with Gasteiger partial charge in [-0.05, 0) is 29.2 Å². The number of ether oxygens (including phenoxy) is 1. The summed E-state index contributed by atoms with van der Waals surface area (Å²) in [4.78, 5) is 23.3. The van der Waals surface area contributed by atoms with Crippen LogP contribution in [0.5, 0.6) is 5.75 Å². The summed E-state index contributed by atoms with van der Waals surface area (Å²) in [6.07, 6.45) is 3.08. The van der Waals surface area contributed by atoms with E-state index in [4.69, 9.17) is 21.4 Å². The highest BCUT2D eigenvalue weighted by Gasteiger charge is 2.15. The lowest BCUT2D eigenvalue weighted by Gasteiger charge is -2.10. The monoisotopic (exact) mass is 373 g/mol. The minimum absolute atomic E-state index is 0.0729. The number of benzene rings is 2. The molecule has 2 rings (SSSR count). The van der Waals surface area contributed by atoms with Crippen LogP contribution in [0.2, 0.25) is 5.02 Å². The number of carboxylic acid groups (broad SMARTS) is 1. The molecule has 0 bridgehead atoms. The predicted octanol–water partition coefficient (Wildman–Crippen LogP) is 4.82. The minimum Gasteiger partial charge on any atom is -0.496 e. The van der Waals surface area contributed by atoms with Gasteiger partial charge in [-0.2, -0.15) is 0 Å². The second kappa shape index (κ2) is 8.54. The highest BCUT2D eigenvalue weighted by molar-refractivity contribution is 6.34. The van der Waals surface area contributed by atoms with Crippen LogP contribution >= 0.6 is 11.6 Å². The van der Waals surface area contributed by atoms with Gasteiger partial charge in [0, 0.05) is 12.1 Å². The Balaban J connectivity index is 2.13. The fourth-order valence-electron chi connectivity index (χ4n) is 2.32. The first-order valence-corrected chi connectivity index (χ1v) is 8.39. The first-order chi connectivity index (χ1) is 12.3. The molecule has 2 aromatic carbocycles. The van der Waals surface area contributed by atoms with E-state index in [0.29, 0.717) is 5.92 Å². The zero-order valence-electron chi connectivity index (χ0n) is 14.7. The highest BCUT2D eigenvalue weighted by atomic mass is 35.5. The molecule has 6 heteroatoms. The Morgan fingerprint density at radius 1 is 1.19 bits per heavy atom. The van der Waals surface area contributed by atoms with E-state index in [-0.39, 0.29) is 27.9 Å². The van der Waals surface area contributed by atoms with Gasteiger partial charge >= 0.3 is 5.97 Å². The number of halogens is 1. The van der Waals surface area contributed by atoms with Gasteiger partial charge < -0.3 is 15.2 Å². The average Bonchev–Trinajstić information content (AvgIpc) is 2.61. The van der Waals surface area contributed by atoms with Crippen LogP contribution in [0, 0.1) is 0 Å². The summed E-state index contributed by atoms with van der Waals surface area (Å²) in [5, 5.41) is 11.9. The molecule has 5 nitrogen and oxygen atoms in total. The Morgan fingerprint density at radius 2 is 1.85 bits per heavy atom. The molecular formula is C20H20ClNO4. The maximum Gasteiger partial charge on any atom is 0.339 e. The fraction of sp³-hybridized carbons (Fsp3) is 0.200. The molecule has 136 valence electrons. The number of nitrogens with one attached hydrogen (secondary N) is 1. The molecule has 2 N–H and O–H groups in total. The van der Waals surface area contributed by atoms with E-state index < -0.39 is 5.97 Å². The van der Waals surface area contributed by atoms with Crippen molar-refractivity contribution in [3.05, 3.63) is 64.2 Å². The molecule has 26 heavy (non-hydrogen) atoms. The Kier molecular flexibility index (Phi) is 6.41. The lowest BCUT2D eigenvalue weighted by Crippen LogP contribution is -2.09. The molecule has 0 saturated carbocycles. The molecule has 0 aliphatic rings. The van der Waals surface area contributed by atoms with E-state index in [1.165, 1.54) is 30.9 Å². The van der Waals surface area contributed by atoms with Crippen molar-refractivity contribution >= 4 is 35.2 Å². The Labute approximate surface area is 157 Å². The van der Waals surface area contributed by atoms with Crippen molar-refractivity contribution in [3.8, 4) is 5.75 Å². The van der Waals surface area contributed by atoms with Gasteiger partial charge in [-0.1, -0.05) is 49.7 Å². The molecule has 0 spiro atoms. The second-order valence-electron chi connectivity index (χ2n) is 5.98. The standard InChI is InChI=1S/C20H20ClNO4/c1-12(2)14-7-4-13(5-8-14)6-9-19(23)22-17-11-18(26-3)15(20(24)25)10-16(17)21/h4-12H,1-3H3,(H,22,23)(H,24,25)/b9-6+. The molecule has 0 fully saturated rings. The van der Waals surface area contributed by atoms with Crippen LogP contribution < -0.4 is 10.1 Å². The summed E-state index contributed by atoms with van der Waals surface area (Å²) in [5.41, 5.74) is 2.33. The number of carbonyl (C=O) groups excluding carboxylic acids is 1. The van der Waals surface area contributed by atoms with Gasteiger partial charge in [0.2, 0.25) is 5.91 Å². The molecule has 0 aliphatic carbocycles. The molecule has 0 atom stereocenters. The summed E-state index contributed by atoms with van der Waals surface area (Å²) in [6.45, 7) is 4.23. The number of rotatable bonds is 6. The molecule has 0 aromatic heterocycles. The fourth-order valence-corrected chi connectivity index (χ4v) is 2.53. The number of amides is 1. The molecule has 0 unspecified atom stereocenters. The lowest BCUT2D eigenvalue weighted by molar-refractivity contribution is -0.111. The number of carboxylic acids is 1. The van der Waals surface area contributed by atoms with Crippen LogP contribution in [0.25, 0.3) is 6.08 Å². The molecular weight excluding hydrogens is 354 g/mol. The molecule has 2 aromatic rings. The number of hydrogen-bond donors (Lipinski definition) is 2. The molecule has 1 amide bonds. The van der Waals surface area contributed by atoms with E-state index in [1.54, 1.807) is 6.08 Å². The number of anilines is 1. The third-order valence-corrected chi connectivity index (χ3v) is 4.12. The van der Waals surface area contributed by atoms with E-state index in [2.05, 4.69) is 19.2 Å². The van der Waals surface area contributed by atoms with Crippen molar-refractivity contribution in [1.29, 1.82) is 0 Å². The maximum absolute atomic E-state index is 12.1. The van der Waals surface area contributed by atoms with E-state index in [1.807, 2.05) is 24.3 Å². The van der Waals surface area contributed by atoms with Crippen LogP contribution in [0.1, 0.15) is 41.3 Å². The number of aromatic carboxylic acids is 1. The van der Waals surface area contributed by atoms with Crippen molar-refractivity contribution in [2.24, 2.45) is 0 Å². The van der Waals surface area contributed by atoms with Crippen molar-refractivity contribution in [1.82, 2.24) is 0 Å². The second-order valence-corrected chi connectivity index (χ2v) is 6.39. The first-order valence-electron chi connectivity index (χ1n) is 8.01. The van der Waals surface area contributed by atoms with Crippen LogP contribution in [-0.4, -0.2) is 24.1 Å². The van der Waals surface area contributed by atoms with Crippen LogP contribution in [0.15, 0.2) is 42.5 Å². The van der Waals surface area contributed by atoms with Crippen molar-refractivity contribution in [2.45, 2.75) is 19.8 Å². The SMILES string of the molecule is COc1cc(NC(=O)/C=C/c2ccc(C(C)C)cc2)c(Cl)cc1C(=O)O. The number of carbonyl (C=O) groups is 2. The number of methoxy groups -OCH3 is 1. The smallest absolute Gasteiger partial charge is 0.339 e. The minimum atomic E-state index is -1.16. The van der Waals surface area contributed by atoms with Crippen LogP contribution in [-0.2, 0) is 4.79 Å². The summed E-state index contributed by atoms with van der Waals surface area (Å²) >= 11 is 6.05. The Bertz CT molecular complexity index is 842. The van der Waals surface area contributed by atoms with Crippen LogP contribution in [0.4, 0.5) is 5.69 Å². The normalized spacial score (nSPS) is 11.0. The molecule has 0 heterocycles. The number of hydrogen-bond acceptors (Lipinski definition) is 3. The Morgan fingerprint density at radius 3 is 2.38 bits per heavy atom. The molecule has 0 saturated heterocycles. The zero-order chi connectivity index (χ0) is 19.3. The van der Waals surface area contributed by atoms with Gasteiger partial charge in [0.15, 0.2) is 0 Å². The first kappa shape index (κ1) is 19.5. The molecule has 0 aliphatic heterocycles. The van der Waals surface area contributed by atoms with E-state index >= 15 is 0 Å². The van der Waals surface area contributed by atoms with Crippen LogP contribution in [0.3, 0.4) is 0 Å². The van der Waals surface area contributed by atoms with E-state index in [9.17, 15) is 9.59 Å². The maximum atomic E-state index is 12.1. The van der Waals surface area contributed by atoms with E-state index in [0.717, 1.165) is 5.56 Å². The van der Waals surface area contributed by atoms with Crippen molar-refractivity contribution in [2.75, 3.05) is 12.4 Å². The lowest BCUT2D eigenvalue weighted by atomic mass is 10.0. The van der Waals surface area contributed by atoms with Gasteiger partial charge in [0.05, 0.1) is 17.8 Å². The van der Waals surface area contributed by atoms with Gasteiger partial charge in [-0.25, -0.2) is 4.79 Å². The Hall–Kier alpha value is -2.79. The topological polar surface area (TPSA) is 75.6 Å². The average molecular weight is 374 g/mol. The summed E-state index contributed by atoms with van der Waals surface area (Å²) < 4.78 is 5.03. The third kappa shape index (κ3) is 4.86. The van der Waals surface area contributed by atoms with Crippen molar-refractivity contribution in [3.63, 3.8) is 0 Å². The van der Waals surface area contributed by atoms with Gasteiger partial charge in [-0.15, -0.1) is 0 Å². The summed E-state index contributed by atoms with van der Waals surface area (Å²) in [6, 6.07) is 10.6. The third-order valence-electron chi connectivity index (χ3n) is 3.81.